The van der Waals surface area contributed by atoms with Crippen LogP contribution in [0.2, 0.25) is 26.2 Å². The minimum absolute atomic E-state index is 1.07. The van der Waals surface area contributed by atoms with Crippen molar-refractivity contribution in [3.63, 3.8) is 0 Å². The summed E-state index contributed by atoms with van der Waals surface area (Å²) in [6.45, 7) is 12.8. The molecular formula is C12H36N4Si2. The van der Waals surface area contributed by atoms with Crippen molar-refractivity contribution in [3.8, 4) is 0 Å². The highest BCUT2D eigenvalue weighted by Gasteiger charge is 2.41. The Morgan fingerprint density at radius 2 is 1.00 bits per heavy atom. The molecule has 0 radical (unpaired) electrons. The highest BCUT2D eigenvalue weighted by Crippen LogP contribution is 2.20. The largest absolute Gasteiger partial charge is 0.324 e. The van der Waals surface area contributed by atoms with Gasteiger partial charge in [-0.1, -0.05) is 6.92 Å². The number of hydrogen-bond acceptors (Lipinski definition) is 4. The van der Waals surface area contributed by atoms with E-state index in [0.29, 0.717) is 0 Å². The third-order valence-corrected chi connectivity index (χ3v) is 15.1. The number of rotatable bonds is 5. The van der Waals surface area contributed by atoms with E-state index in [1.54, 1.807) is 0 Å². The third kappa shape index (κ3) is 5.94. The molecule has 0 aliphatic rings. The maximum absolute atomic E-state index is 2.93. The highest BCUT2D eigenvalue weighted by atomic mass is 28.4. The van der Waals surface area contributed by atoms with Crippen molar-refractivity contribution in [2.24, 2.45) is 0 Å². The summed E-state index contributed by atoms with van der Waals surface area (Å²) in [4.78, 5) is 0. The summed E-state index contributed by atoms with van der Waals surface area (Å²) in [6, 6.07) is 0. The van der Waals surface area contributed by atoms with E-state index in [4.69, 9.17) is 0 Å². The smallest absolute Gasteiger partial charge is 0.194 e. The van der Waals surface area contributed by atoms with E-state index in [9.17, 15) is 0 Å². The van der Waals surface area contributed by atoms with Crippen LogP contribution in [0.25, 0.3) is 0 Å². The molecule has 0 heterocycles. The molecule has 0 atom stereocenters. The normalized spacial score (nSPS) is 13.0. The quantitative estimate of drug-likeness (QED) is 0.778. The zero-order valence-electron chi connectivity index (χ0n) is 14.5. The molecule has 1 N–H and O–H groups in total. The summed E-state index contributed by atoms with van der Waals surface area (Å²) in [5.41, 5.74) is 0. The second-order valence-electron chi connectivity index (χ2n) is 6.04. The van der Waals surface area contributed by atoms with E-state index < -0.39 is 16.8 Å². The van der Waals surface area contributed by atoms with Gasteiger partial charge in [0, 0.05) is 0 Å². The van der Waals surface area contributed by atoms with Crippen molar-refractivity contribution in [1.82, 2.24) is 18.7 Å². The van der Waals surface area contributed by atoms with Crippen molar-refractivity contribution in [1.29, 1.82) is 0 Å². The lowest BCUT2D eigenvalue weighted by atomic mass is 10.8. The topological polar surface area (TPSA) is 21.8 Å². The Balaban J connectivity index is 0. The van der Waals surface area contributed by atoms with Gasteiger partial charge in [0.25, 0.3) is 0 Å². The average Bonchev–Trinajstić information content (AvgIpc) is 2.27. The van der Waals surface area contributed by atoms with Crippen LogP contribution >= 0.6 is 0 Å². The average molecular weight is 293 g/mol. The van der Waals surface area contributed by atoms with Crippen LogP contribution in [-0.4, -0.2) is 79.0 Å². The zero-order chi connectivity index (χ0) is 15.1. The molecule has 0 saturated carbocycles. The van der Waals surface area contributed by atoms with E-state index in [1.807, 2.05) is 7.05 Å². The van der Waals surface area contributed by atoms with Crippen molar-refractivity contribution < 1.29 is 0 Å². The van der Waals surface area contributed by atoms with Crippen molar-refractivity contribution in [3.05, 3.63) is 0 Å². The monoisotopic (exact) mass is 292 g/mol. The van der Waals surface area contributed by atoms with Crippen LogP contribution in [0.1, 0.15) is 6.92 Å². The van der Waals surface area contributed by atoms with Crippen LogP contribution in [0, 0.1) is 0 Å². The molecule has 0 bridgehead atoms. The van der Waals surface area contributed by atoms with Crippen LogP contribution in [0.3, 0.4) is 0 Å². The lowest BCUT2D eigenvalue weighted by Gasteiger charge is -2.49. The molecule has 0 amide bonds. The molecule has 6 heteroatoms. The third-order valence-electron chi connectivity index (χ3n) is 4.18. The minimum atomic E-state index is -1.40. The molecule has 0 fully saturated rings. The second kappa shape index (κ2) is 8.45. The Kier molecular flexibility index (Phi) is 9.66. The predicted molar refractivity (Wildman–Crippen MR) is 89.7 cm³/mol. The lowest BCUT2D eigenvalue weighted by Crippen LogP contribution is -2.70. The van der Waals surface area contributed by atoms with Crippen LogP contribution < -0.4 is 5.32 Å². The van der Waals surface area contributed by atoms with Gasteiger partial charge in [-0.25, -0.2) is 0 Å². The van der Waals surface area contributed by atoms with Crippen LogP contribution in [0.15, 0.2) is 0 Å². The fraction of sp³-hybridized carbons (Fsp3) is 1.00. The van der Waals surface area contributed by atoms with Gasteiger partial charge >= 0.3 is 0 Å². The molecule has 4 nitrogen and oxygen atoms in total. The van der Waals surface area contributed by atoms with E-state index >= 15 is 0 Å². The first kappa shape index (κ1) is 20.6. The first-order valence-corrected chi connectivity index (χ1v) is 12.5. The Morgan fingerprint density at radius 3 is 1.11 bits per heavy atom. The predicted octanol–water partition coefficient (Wildman–Crippen LogP) is 1.67. The summed E-state index contributed by atoms with van der Waals surface area (Å²) in [7, 11) is 10.2. The molecule has 0 unspecified atom stereocenters. The van der Waals surface area contributed by atoms with Gasteiger partial charge in [0.2, 0.25) is 0 Å². The van der Waals surface area contributed by atoms with Crippen LogP contribution in [-0.2, 0) is 0 Å². The summed E-state index contributed by atoms with van der Waals surface area (Å²) >= 11 is 0. The van der Waals surface area contributed by atoms with Gasteiger partial charge in [-0.2, -0.15) is 0 Å². The molecule has 18 heavy (non-hydrogen) atoms. The maximum Gasteiger partial charge on any atom is 0.194 e. The van der Waals surface area contributed by atoms with Gasteiger partial charge in [-0.3, -0.25) is 0 Å². The molecule has 0 aromatic carbocycles. The number of nitrogens with zero attached hydrogens (tertiary/aromatic N) is 3. The number of hydrogen-bond donors (Lipinski definition) is 1. The molecule has 0 saturated heterocycles. The summed E-state index contributed by atoms with van der Waals surface area (Å²) in [6.07, 6.45) is 0. The molecule has 0 spiro atoms. The SMILES string of the molecule is CCNC.CN(C)[Si](C)(C)N(C)[Si](C)(C)N(C)C. The fourth-order valence-electron chi connectivity index (χ4n) is 1.27. The van der Waals surface area contributed by atoms with Crippen LogP contribution in [0.5, 0.6) is 0 Å². The van der Waals surface area contributed by atoms with E-state index in [2.05, 4.69) is 87.0 Å². The number of nitrogens with one attached hydrogen (secondary N) is 1. The molecule has 0 rings (SSSR count). The molecule has 112 valence electrons. The van der Waals surface area contributed by atoms with E-state index in [0.717, 1.165) is 6.54 Å². The first-order valence-electron chi connectivity index (χ1n) is 6.69. The Bertz CT molecular complexity index is 196. The molecule has 0 aromatic rings. The van der Waals surface area contributed by atoms with Gasteiger partial charge in [0.1, 0.15) is 0 Å². The van der Waals surface area contributed by atoms with Crippen molar-refractivity contribution in [2.45, 2.75) is 33.1 Å². The van der Waals surface area contributed by atoms with Gasteiger partial charge in [-0.05, 0) is 75.0 Å². The van der Waals surface area contributed by atoms with E-state index in [1.165, 1.54) is 0 Å². The highest BCUT2D eigenvalue weighted by molar-refractivity contribution is 6.87. The Hall–Kier alpha value is 0.274. The molecule has 0 aliphatic heterocycles. The van der Waals surface area contributed by atoms with Gasteiger partial charge in [0.15, 0.2) is 16.8 Å². The zero-order valence-corrected chi connectivity index (χ0v) is 16.5. The summed E-state index contributed by atoms with van der Waals surface area (Å²) in [5, 5.41) is 2.93. The van der Waals surface area contributed by atoms with Gasteiger partial charge in [0.05, 0.1) is 0 Å². The minimum Gasteiger partial charge on any atom is -0.324 e. The first-order chi connectivity index (χ1) is 7.96. The van der Waals surface area contributed by atoms with Crippen molar-refractivity contribution >= 4 is 16.8 Å². The van der Waals surface area contributed by atoms with Gasteiger partial charge < -0.3 is 18.7 Å². The van der Waals surface area contributed by atoms with E-state index in [-0.39, 0.29) is 0 Å². The summed E-state index contributed by atoms with van der Waals surface area (Å²) in [5.74, 6) is 0. The maximum atomic E-state index is 2.93. The van der Waals surface area contributed by atoms with Crippen LogP contribution in [0.4, 0.5) is 0 Å². The fourth-order valence-corrected chi connectivity index (χ4v) is 9.03. The molecular weight excluding hydrogens is 256 g/mol. The van der Waals surface area contributed by atoms with Gasteiger partial charge in [-0.15, -0.1) is 0 Å². The molecule has 0 aliphatic carbocycles. The van der Waals surface area contributed by atoms with Crippen molar-refractivity contribution in [2.75, 3.05) is 48.8 Å². The standard InChI is InChI=1S/C9H27N3Si2.C3H9N/c1-10(2)13(6,7)12(5)14(8,9)11(3)4;1-3-4-2/h1-9H3;4H,3H2,1-2H3. The summed E-state index contributed by atoms with van der Waals surface area (Å²) < 4.78 is 7.47. The molecule has 0 aromatic heterocycles. The Labute approximate surface area is 118 Å². The Morgan fingerprint density at radius 1 is 0.778 bits per heavy atom. The second-order valence-corrected chi connectivity index (χ2v) is 15.6. The lowest BCUT2D eigenvalue weighted by molar-refractivity contribution is 0.491.